The molecule has 1 aromatic carbocycles. The molecular formula is C17H24ClN3O2S. The van der Waals surface area contributed by atoms with E-state index in [4.69, 9.17) is 0 Å². The first-order chi connectivity index (χ1) is 11.2. The van der Waals surface area contributed by atoms with E-state index < -0.39 is 0 Å². The summed E-state index contributed by atoms with van der Waals surface area (Å²) in [7, 11) is 0. The Kier molecular flexibility index (Phi) is 7.40. The average Bonchev–Trinajstić information content (AvgIpc) is 2.56. The minimum Gasteiger partial charge on any atom is -0.326 e. The van der Waals surface area contributed by atoms with Crippen LogP contribution in [-0.4, -0.2) is 42.5 Å². The number of amides is 2. The van der Waals surface area contributed by atoms with Gasteiger partial charge in [-0.2, -0.15) is 11.8 Å². The lowest BCUT2D eigenvalue weighted by atomic mass is 10.1. The van der Waals surface area contributed by atoms with Crippen LogP contribution in [0.25, 0.3) is 0 Å². The van der Waals surface area contributed by atoms with Crippen LogP contribution in [0.4, 0.5) is 11.4 Å². The molecule has 5 nitrogen and oxygen atoms in total. The Bertz CT molecular complexity index is 579. The molecule has 24 heavy (non-hydrogen) atoms. The first-order valence-corrected chi connectivity index (χ1v) is 9.39. The molecule has 132 valence electrons. The molecule has 2 fully saturated rings. The van der Waals surface area contributed by atoms with Gasteiger partial charge in [-0.1, -0.05) is 6.07 Å². The van der Waals surface area contributed by atoms with Gasteiger partial charge >= 0.3 is 0 Å². The summed E-state index contributed by atoms with van der Waals surface area (Å²) >= 11 is 1.89. The van der Waals surface area contributed by atoms with Crippen LogP contribution in [0.3, 0.4) is 0 Å². The van der Waals surface area contributed by atoms with E-state index in [1.807, 2.05) is 40.9 Å². The van der Waals surface area contributed by atoms with Gasteiger partial charge in [0.05, 0.1) is 0 Å². The number of hydrogen-bond acceptors (Lipinski definition) is 4. The molecule has 7 heteroatoms. The maximum absolute atomic E-state index is 12.2. The van der Waals surface area contributed by atoms with Crippen LogP contribution in [0.5, 0.6) is 0 Å². The van der Waals surface area contributed by atoms with Crippen LogP contribution >= 0.6 is 24.2 Å². The summed E-state index contributed by atoms with van der Waals surface area (Å²) in [6, 6.07) is 7.84. The van der Waals surface area contributed by atoms with Gasteiger partial charge in [0.15, 0.2) is 0 Å². The maximum atomic E-state index is 12.2. The number of nitrogens with zero attached hydrogens (tertiary/aromatic N) is 1. The highest BCUT2D eigenvalue weighted by molar-refractivity contribution is 7.99. The Morgan fingerprint density at radius 2 is 2.25 bits per heavy atom. The summed E-state index contributed by atoms with van der Waals surface area (Å²) in [4.78, 5) is 26.0. The Balaban J connectivity index is 0.00000208. The zero-order chi connectivity index (χ0) is 16.1. The van der Waals surface area contributed by atoms with E-state index in [0.717, 1.165) is 48.8 Å². The molecule has 2 amide bonds. The molecule has 1 aromatic rings. The van der Waals surface area contributed by atoms with Gasteiger partial charge in [0.1, 0.15) is 0 Å². The van der Waals surface area contributed by atoms with E-state index in [0.29, 0.717) is 12.8 Å². The molecule has 3 rings (SSSR count). The summed E-state index contributed by atoms with van der Waals surface area (Å²) in [6.45, 7) is 1.73. The molecule has 2 heterocycles. The van der Waals surface area contributed by atoms with Crippen LogP contribution in [0, 0.1) is 0 Å². The highest BCUT2D eigenvalue weighted by atomic mass is 35.5. The van der Waals surface area contributed by atoms with Gasteiger partial charge in [-0.25, -0.2) is 0 Å². The lowest BCUT2D eigenvalue weighted by Crippen LogP contribution is -2.39. The third kappa shape index (κ3) is 5.13. The molecule has 0 spiro atoms. The molecule has 0 aromatic heterocycles. The normalized spacial score (nSPS) is 21.1. The lowest BCUT2D eigenvalue weighted by Gasteiger charge is -2.27. The summed E-state index contributed by atoms with van der Waals surface area (Å²) in [6.07, 6.45) is 3.10. The average molecular weight is 370 g/mol. The summed E-state index contributed by atoms with van der Waals surface area (Å²) in [5.74, 6) is 2.29. The topological polar surface area (TPSA) is 61.4 Å². The van der Waals surface area contributed by atoms with Gasteiger partial charge < -0.3 is 15.5 Å². The van der Waals surface area contributed by atoms with Crippen molar-refractivity contribution in [2.24, 2.45) is 0 Å². The van der Waals surface area contributed by atoms with E-state index in [1.165, 1.54) is 0 Å². The second-order valence-corrected chi connectivity index (χ2v) is 7.18. The molecule has 0 radical (unpaired) electrons. The smallest absolute Gasteiger partial charge is 0.226 e. The number of carbonyl (C=O) groups is 2. The van der Waals surface area contributed by atoms with Crippen molar-refractivity contribution < 1.29 is 9.59 Å². The molecule has 0 saturated carbocycles. The fraction of sp³-hybridized carbons (Fsp3) is 0.529. The van der Waals surface area contributed by atoms with Crippen molar-refractivity contribution in [1.82, 2.24) is 5.32 Å². The van der Waals surface area contributed by atoms with Crippen LogP contribution in [-0.2, 0) is 9.59 Å². The van der Waals surface area contributed by atoms with Gasteiger partial charge in [0.25, 0.3) is 0 Å². The first-order valence-electron chi connectivity index (χ1n) is 8.24. The summed E-state index contributed by atoms with van der Waals surface area (Å²) in [5, 5.41) is 6.33. The Morgan fingerprint density at radius 1 is 1.38 bits per heavy atom. The van der Waals surface area contributed by atoms with E-state index in [1.54, 1.807) is 0 Å². The monoisotopic (exact) mass is 369 g/mol. The van der Waals surface area contributed by atoms with E-state index in [2.05, 4.69) is 10.6 Å². The van der Waals surface area contributed by atoms with Gasteiger partial charge in [-0.05, 0) is 31.0 Å². The molecule has 0 aliphatic carbocycles. The summed E-state index contributed by atoms with van der Waals surface area (Å²) < 4.78 is 0. The van der Waals surface area contributed by atoms with E-state index in [9.17, 15) is 9.59 Å². The Hall–Kier alpha value is -1.24. The predicted molar refractivity (Wildman–Crippen MR) is 102 cm³/mol. The second kappa shape index (κ2) is 9.30. The number of piperidine rings is 1. The van der Waals surface area contributed by atoms with E-state index >= 15 is 0 Å². The van der Waals surface area contributed by atoms with Crippen molar-refractivity contribution in [1.29, 1.82) is 0 Å². The molecule has 2 saturated heterocycles. The lowest BCUT2D eigenvalue weighted by molar-refractivity contribution is -0.119. The van der Waals surface area contributed by atoms with Gasteiger partial charge in [0, 0.05) is 54.9 Å². The number of halogens is 1. The maximum Gasteiger partial charge on any atom is 0.226 e. The number of nitrogens with one attached hydrogen (secondary N) is 2. The fourth-order valence-corrected chi connectivity index (χ4v) is 3.97. The van der Waals surface area contributed by atoms with E-state index in [-0.39, 0.29) is 30.3 Å². The number of benzene rings is 1. The third-order valence-electron chi connectivity index (χ3n) is 4.20. The number of thioether (sulfide) groups is 1. The highest BCUT2D eigenvalue weighted by Crippen LogP contribution is 2.24. The highest BCUT2D eigenvalue weighted by Gasteiger charge is 2.20. The van der Waals surface area contributed by atoms with Crippen LogP contribution in [0.2, 0.25) is 0 Å². The molecule has 1 atom stereocenters. The summed E-state index contributed by atoms with van der Waals surface area (Å²) in [5.41, 5.74) is 1.63. The number of carbonyl (C=O) groups excluding carboxylic acids is 2. The standard InChI is InChI=1S/C17H23N3O2S.ClH/c21-16(11-14-12-23-9-7-18-14)19-13-4-3-5-15(10-13)20-8-2-1-6-17(20)22;/h3-5,10,14,18H,1-2,6-9,11-12H2,(H,19,21);1H. The quantitative estimate of drug-likeness (QED) is 0.856. The molecule has 2 N–H and O–H groups in total. The van der Waals surface area contributed by atoms with Crippen molar-refractivity contribution in [3.63, 3.8) is 0 Å². The van der Waals surface area contributed by atoms with Crippen LogP contribution < -0.4 is 15.5 Å². The van der Waals surface area contributed by atoms with Crippen LogP contribution in [0.1, 0.15) is 25.7 Å². The molecule has 1 unspecified atom stereocenters. The second-order valence-electron chi connectivity index (χ2n) is 6.03. The zero-order valence-electron chi connectivity index (χ0n) is 13.6. The molecule has 0 bridgehead atoms. The van der Waals surface area contributed by atoms with Crippen molar-refractivity contribution in [3.05, 3.63) is 24.3 Å². The van der Waals surface area contributed by atoms with Gasteiger partial charge in [0.2, 0.25) is 11.8 Å². The van der Waals surface area contributed by atoms with Gasteiger partial charge in [-0.15, -0.1) is 12.4 Å². The van der Waals surface area contributed by atoms with Crippen molar-refractivity contribution in [2.75, 3.05) is 34.8 Å². The Labute approximate surface area is 153 Å². The number of rotatable bonds is 4. The molecule has 2 aliphatic rings. The molecule has 2 aliphatic heterocycles. The van der Waals surface area contributed by atoms with Crippen LogP contribution in [0.15, 0.2) is 24.3 Å². The minimum atomic E-state index is 0. The number of hydrogen-bond donors (Lipinski definition) is 2. The van der Waals surface area contributed by atoms with Crippen molar-refractivity contribution in [3.8, 4) is 0 Å². The minimum absolute atomic E-state index is 0. The first kappa shape index (κ1) is 19.1. The fourth-order valence-electron chi connectivity index (χ4n) is 3.02. The molecular weight excluding hydrogens is 346 g/mol. The largest absolute Gasteiger partial charge is 0.326 e. The zero-order valence-corrected chi connectivity index (χ0v) is 15.3. The number of anilines is 2. The third-order valence-corrected chi connectivity index (χ3v) is 5.33. The van der Waals surface area contributed by atoms with Gasteiger partial charge in [-0.3, -0.25) is 9.59 Å². The predicted octanol–water partition coefficient (Wildman–Crippen LogP) is 2.66. The Morgan fingerprint density at radius 3 is 3.00 bits per heavy atom. The van der Waals surface area contributed by atoms with Crippen molar-refractivity contribution >= 4 is 47.4 Å². The van der Waals surface area contributed by atoms with Crippen molar-refractivity contribution in [2.45, 2.75) is 31.7 Å². The SMILES string of the molecule is Cl.O=C(CC1CSCCN1)Nc1cccc(N2CCCCC2=O)c1.